The Hall–Kier alpha value is -1.81. The average Bonchev–Trinajstić information content (AvgIpc) is 2.65. The van der Waals surface area contributed by atoms with Crippen LogP contribution in [0.2, 0.25) is 0 Å². The van der Waals surface area contributed by atoms with E-state index in [1.165, 1.54) is 11.3 Å². The van der Waals surface area contributed by atoms with Gasteiger partial charge < -0.3 is 10.8 Å². The minimum absolute atomic E-state index is 0.302. The van der Waals surface area contributed by atoms with Crippen LogP contribution in [0, 0.1) is 13.8 Å². The Kier molecular flexibility index (Phi) is 2.90. The zero-order valence-electron chi connectivity index (χ0n) is 9.65. The van der Waals surface area contributed by atoms with E-state index in [0.29, 0.717) is 16.1 Å². The molecule has 1 heterocycles. The maximum atomic E-state index is 11.2. The first-order chi connectivity index (χ1) is 8.02. The van der Waals surface area contributed by atoms with E-state index < -0.39 is 5.97 Å². The molecule has 17 heavy (non-hydrogen) atoms. The maximum Gasteiger partial charge on any atom is 0.346 e. The largest absolute Gasteiger partial charge is 0.477 e. The van der Waals surface area contributed by atoms with E-state index in [9.17, 15) is 4.79 Å². The highest BCUT2D eigenvalue weighted by Gasteiger charge is 2.18. The summed E-state index contributed by atoms with van der Waals surface area (Å²) in [6.07, 6.45) is 0. The molecule has 0 spiro atoms. The number of hydrogen-bond donors (Lipinski definition) is 2. The number of thiophene rings is 1. The summed E-state index contributed by atoms with van der Waals surface area (Å²) in [6, 6.07) is 5.83. The first-order valence-electron chi connectivity index (χ1n) is 5.19. The number of anilines is 1. The fourth-order valence-corrected chi connectivity index (χ4v) is 2.64. The Bertz CT molecular complexity index is 587. The fraction of sp³-hybridized carbons (Fsp3) is 0.154. The second kappa shape index (κ2) is 4.22. The summed E-state index contributed by atoms with van der Waals surface area (Å²) < 4.78 is 0. The van der Waals surface area contributed by atoms with Crippen LogP contribution in [0.3, 0.4) is 0 Å². The van der Waals surface area contributed by atoms with Crippen LogP contribution in [0.15, 0.2) is 23.6 Å². The molecule has 3 N–H and O–H groups in total. The Morgan fingerprint density at radius 3 is 2.71 bits per heavy atom. The van der Waals surface area contributed by atoms with Gasteiger partial charge in [-0.15, -0.1) is 11.3 Å². The molecule has 4 heteroatoms. The first kappa shape index (κ1) is 11.7. The minimum Gasteiger partial charge on any atom is -0.477 e. The van der Waals surface area contributed by atoms with Crippen molar-refractivity contribution in [2.24, 2.45) is 0 Å². The van der Waals surface area contributed by atoms with Crippen LogP contribution in [0.5, 0.6) is 0 Å². The van der Waals surface area contributed by atoms with Crippen molar-refractivity contribution in [1.29, 1.82) is 0 Å². The monoisotopic (exact) mass is 247 g/mol. The van der Waals surface area contributed by atoms with Gasteiger partial charge in [0, 0.05) is 10.9 Å². The SMILES string of the molecule is Cc1cccc(-c2c(N)csc2C(=O)O)c1C. The molecule has 0 saturated heterocycles. The van der Waals surface area contributed by atoms with Gasteiger partial charge in [0.2, 0.25) is 0 Å². The van der Waals surface area contributed by atoms with Gasteiger partial charge in [0.05, 0.1) is 5.69 Å². The van der Waals surface area contributed by atoms with Crippen molar-refractivity contribution in [2.45, 2.75) is 13.8 Å². The number of aromatic carboxylic acids is 1. The van der Waals surface area contributed by atoms with E-state index >= 15 is 0 Å². The van der Waals surface area contributed by atoms with Crippen LogP contribution in [-0.2, 0) is 0 Å². The van der Waals surface area contributed by atoms with Crippen LogP contribution < -0.4 is 5.73 Å². The van der Waals surface area contributed by atoms with Crippen LogP contribution in [0.4, 0.5) is 5.69 Å². The average molecular weight is 247 g/mol. The summed E-state index contributed by atoms with van der Waals surface area (Å²) in [6.45, 7) is 3.98. The van der Waals surface area contributed by atoms with Gasteiger partial charge >= 0.3 is 5.97 Å². The molecule has 0 saturated carbocycles. The minimum atomic E-state index is -0.928. The van der Waals surface area contributed by atoms with Crippen molar-refractivity contribution in [3.05, 3.63) is 39.6 Å². The normalized spacial score (nSPS) is 10.5. The summed E-state index contributed by atoms with van der Waals surface area (Å²) in [4.78, 5) is 11.5. The molecule has 1 aromatic heterocycles. The van der Waals surface area contributed by atoms with Gasteiger partial charge in [-0.3, -0.25) is 0 Å². The molecule has 0 unspecified atom stereocenters. The van der Waals surface area contributed by atoms with Crippen molar-refractivity contribution in [3.63, 3.8) is 0 Å². The van der Waals surface area contributed by atoms with Gasteiger partial charge in [0.25, 0.3) is 0 Å². The van der Waals surface area contributed by atoms with E-state index in [4.69, 9.17) is 10.8 Å². The number of carboxylic acid groups (broad SMARTS) is 1. The highest BCUT2D eigenvalue weighted by atomic mass is 32.1. The zero-order chi connectivity index (χ0) is 12.6. The highest BCUT2D eigenvalue weighted by Crippen LogP contribution is 2.37. The number of carbonyl (C=O) groups is 1. The quantitative estimate of drug-likeness (QED) is 0.855. The first-order valence-corrected chi connectivity index (χ1v) is 6.07. The number of nitrogens with two attached hydrogens (primary N) is 1. The molecule has 0 aliphatic rings. The van der Waals surface area contributed by atoms with Crippen LogP contribution in [0.25, 0.3) is 11.1 Å². The number of carboxylic acids is 1. The molecule has 0 bridgehead atoms. The molecule has 1 aromatic carbocycles. The lowest BCUT2D eigenvalue weighted by molar-refractivity contribution is 0.0703. The Balaban J connectivity index is 2.72. The lowest BCUT2D eigenvalue weighted by Gasteiger charge is -2.09. The molecule has 0 amide bonds. The predicted molar refractivity (Wildman–Crippen MR) is 70.6 cm³/mol. The summed E-state index contributed by atoms with van der Waals surface area (Å²) >= 11 is 1.17. The Morgan fingerprint density at radius 2 is 2.06 bits per heavy atom. The number of hydrogen-bond acceptors (Lipinski definition) is 3. The van der Waals surface area contributed by atoms with Crippen LogP contribution in [-0.4, -0.2) is 11.1 Å². The fourth-order valence-electron chi connectivity index (χ4n) is 1.83. The lowest BCUT2D eigenvalue weighted by Crippen LogP contribution is -1.98. The van der Waals surface area contributed by atoms with E-state index in [-0.39, 0.29) is 0 Å². The van der Waals surface area contributed by atoms with Gasteiger partial charge in [-0.2, -0.15) is 0 Å². The second-order valence-electron chi connectivity index (χ2n) is 3.95. The van der Waals surface area contributed by atoms with E-state index in [0.717, 1.165) is 16.7 Å². The molecule has 0 aliphatic carbocycles. The number of rotatable bonds is 2. The predicted octanol–water partition coefficient (Wildman–Crippen LogP) is 3.31. The highest BCUT2D eigenvalue weighted by molar-refractivity contribution is 7.13. The smallest absolute Gasteiger partial charge is 0.346 e. The van der Waals surface area contributed by atoms with E-state index in [1.807, 2.05) is 32.0 Å². The number of benzene rings is 1. The van der Waals surface area contributed by atoms with Crippen molar-refractivity contribution in [1.82, 2.24) is 0 Å². The van der Waals surface area contributed by atoms with Gasteiger partial charge in [-0.05, 0) is 30.5 Å². The third-order valence-corrected chi connectivity index (χ3v) is 3.87. The van der Waals surface area contributed by atoms with Gasteiger partial charge in [-0.25, -0.2) is 4.79 Å². The zero-order valence-corrected chi connectivity index (χ0v) is 10.5. The molecule has 0 aliphatic heterocycles. The molecule has 88 valence electrons. The summed E-state index contributed by atoms with van der Waals surface area (Å²) in [5.41, 5.74) is 10.2. The molecule has 0 radical (unpaired) electrons. The van der Waals surface area contributed by atoms with Crippen molar-refractivity contribution in [2.75, 3.05) is 5.73 Å². The third-order valence-electron chi connectivity index (χ3n) is 2.89. The molecule has 2 aromatic rings. The Labute approximate surface area is 104 Å². The van der Waals surface area contributed by atoms with E-state index in [1.54, 1.807) is 5.38 Å². The van der Waals surface area contributed by atoms with Gasteiger partial charge in [0.1, 0.15) is 4.88 Å². The summed E-state index contributed by atoms with van der Waals surface area (Å²) in [5, 5.41) is 10.8. The molecule has 2 rings (SSSR count). The van der Waals surface area contributed by atoms with Crippen molar-refractivity contribution < 1.29 is 9.90 Å². The van der Waals surface area contributed by atoms with Crippen LogP contribution in [0.1, 0.15) is 20.8 Å². The van der Waals surface area contributed by atoms with Crippen LogP contribution >= 0.6 is 11.3 Å². The van der Waals surface area contributed by atoms with Crippen molar-refractivity contribution in [3.8, 4) is 11.1 Å². The van der Waals surface area contributed by atoms with E-state index in [2.05, 4.69) is 0 Å². The summed E-state index contributed by atoms with van der Waals surface area (Å²) in [7, 11) is 0. The summed E-state index contributed by atoms with van der Waals surface area (Å²) in [5.74, 6) is -0.928. The second-order valence-corrected chi connectivity index (χ2v) is 4.83. The lowest BCUT2D eigenvalue weighted by atomic mass is 9.96. The Morgan fingerprint density at radius 1 is 1.35 bits per heavy atom. The molecule has 0 atom stereocenters. The standard InChI is InChI=1S/C13H13NO2S/c1-7-4-3-5-9(8(7)2)11-10(14)6-17-12(11)13(15)16/h3-6H,14H2,1-2H3,(H,15,16). The number of aryl methyl sites for hydroxylation is 1. The maximum absolute atomic E-state index is 11.2. The van der Waals surface area contributed by atoms with Gasteiger partial charge in [-0.1, -0.05) is 18.2 Å². The third kappa shape index (κ3) is 1.91. The molecule has 0 fully saturated rings. The topological polar surface area (TPSA) is 63.3 Å². The molecular weight excluding hydrogens is 234 g/mol. The van der Waals surface area contributed by atoms with Crippen molar-refractivity contribution >= 4 is 23.0 Å². The molecule has 3 nitrogen and oxygen atoms in total. The molecular formula is C13H13NO2S. The van der Waals surface area contributed by atoms with Gasteiger partial charge in [0.15, 0.2) is 0 Å². The number of nitrogen functional groups attached to an aromatic ring is 1.